The maximum absolute atomic E-state index is 12.5. The lowest BCUT2D eigenvalue weighted by Gasteiger charge is -2.09. The van der Waals surface area contributed by atoms with Crippen molar-refractivity contribution in [1.82, 2.24) is 5.32 Å². The summed E-state index contributed by atoms with van der Waals surface area (Å²) in [5.74, 6) is -0.170. The lowest BCUT2D eigenvalue weighted by molar-refractivity contribution is 0.603. The molecule has 0 aromatic heterocycles. The quantitative estimate of drug-likeness (QED) is 0.725. The van der Waals surface area contributed by atoms with Crippen LogP contribution in [0.1, 0.15) is 12.5 Å². The van der Waals surface area contributed by atoms with Crippen molar-refractivity contribution in [2.75, 3.05) is 7.05 Å². The van der Waals surface area contributed by atoms with Crippen molar-refractivity contribution >= 4 is 0 Å². The SMILES string of the molecule is CN[C@H](C)Cc1ccc(F)cc1. The summed E-state index contributed by atoms with van der Waals surface area (Å²) >= 11 is 0. The van der Waals surface area contributed by atoms with Crippen LogP contribution in [0.25, 0.3) is 0 Å². The van der Waals surface area contributed by atoms with Crippen molar-refractivity contribution in [1.29, 1.82) is 0 Å². The maximum Gasteiger partial charge on any atom is 0.123 e. The molecule has 0 bridgehead atoms. The van der Waals surface area contributed by atoms with E-state index in [-0.39, 0.29) is 5.82 Å². The fourth-order valence-corrected chi connectivity index (χ4v) is 1.08. The van der Waals surface area contributed by atoms with Crippen LogP contribution in [0.2, 0.25) is 0 Å². The largest absolute Gasteiger partial charge is 0.317 e. The number of benzene rings is 1. The molecule has 1 atom stereocenters. The smallest absolute Gasteiger partial charge is 0.123 e. The normalized spacial score (nSPS) is 12.9. The van der Waals surface area contributed by atoms with E-state index in [1.54, 1.807) is 0 Å². The van der Waals surface area contributed by atoms with Crippen LogP contribution in [0.3, 0.4) is 0 Å². The lowest BCUT2D eigenvalue weighted by Crippen LogP contribution is -2.23. The molecule has 0 spiro atoms. The highest BCUT2D eigenvalue weighted by atomic mass is 19.1. The van der Waals surface area contributed by atoms with Crippen molar-refractivity contribution in [3.63, 3.8) is 0 Å². The molecule has 0 fully saturated rings. The number of rotatable bonds is 3. The zero-order valence-corrected chi connectivity index (χ0v) is 7.47. The van der Waals surface area contributed by atoms with E-state index in [0.717, 1.165) is 6.42 Å². The van der Waals surface area contributed by atoms with Crippen molar-refractivity contribution in [2.24, 2.45) is 0 Å². The van der Waals surface area contributed by atoms with Gasteiger partial charge < -0.3 is 5.32 Å². The summed E-state index contributed by atoms with van der Waals surface area (Å²) in [4.78, 5) is 0. The second-order valence-corrected chi connectivity index (χ2v) is 3.02. The third kappa shape index (κ3) is 2.62. The van der Waals surface area contributed by atoms with E-state index in [4.69, 9.17) is 0 Å². The van der Waals surface area contributed by atoms with Gasteiger partial charge >= 0.3 is 0 Å². The molecule has 66 valence electrons. The fourth-order valence-electron chi connectivity index (χ4n) is 1.08. The summed E-state index contributed by atoms with van der Waals surface area (Å²) in [5, 5.41) is 3.13. The summed E-state index contributed by atoms with van der Waals surface area (Å²) in [6, 6.07) is 7.08. The minimum atomic E-state index is -0.170. The third-order valence-electron chi connectivity index (χ3n) is 1.95. The van der Waals surface area contributed by atoms with E-state index in [9.17, 15) is 4.39 Å². The maximum atomic E-state index is 12.5. The first-order chi connectivity index (χ1) is 5.72. The average Bonchev–Trinajstić information content (AvgIpc) is 2.09. The monoisotopic (exact) mass is 167 g/mol. The molecule has 0 aliphatic heterocycles. The molecule has 0 aliphatic carbocycles. The Bertz CT molecular complexity index is 230. The van der Waals surface area contributed by atoms with Crippen LogP contribution >= 0.6 is 0 Å². The molecule has 0 unspecified atom stereocenters. The number of hydrogen-bond donors (Lipinski definition) is 1. The molecular weight excluding hydrogens is 153 g/mol. The molecule has 1 aromatic rings. The summed E-state index contributed by atoms with van der Waals surface area (Å²) in [6.07, 6.45) is 0.941. The topological polar surface area (TPSA) is 12.0 Å². The fraction of sp³-hybridized carbons (Fsp3) is 0.400. The third-order valence-corrected chi connectivity index (χ3v) is 1.95. The van der Waals surface area contributed by atoms with Gasteiger partial charge in [-0.15, -0.1) is 0 Å². The average molecular weight is 167 g/mol. The molecule has 1 aromatic carbocycles. The second kappa shape index (κ2) is 4.21. The van der Waals surface area contributed by atoms with Gasteiger partial charge in [0.25, 0.3) is 0 Å². The van der Waals surface area contributed by atoms with E-state index in [1.807, 2.05) is 19.2 Å². The lowest BCUT2D eigenvalue weighted by atomic mass is 10.1. The van der Waals surface area contributed by atoms with Crippen molar-refractivity contribution < 1.29 is 4.39 Å². The van der Waals surface area contributed by atoms with E-state index < -0.39 is 0 Å². The molecule has 0 saturated carbocycles. The van der Waals surface area contributed by atoms with Gasteiger partial charge in [0, 0.05) is 6.04 Å². The van der Waals surface area contributed by atoms with E-state index in [1.165, 1.54) is 17.7 Å². The van der Waals surface area contributed by atoms with E-state index >= 15 is 0 Å². The highest BCUT2D eigenvalue weighted by Gasteiger charge is 1.99. The Morgan fingerprint density at radius 2 is 1.92 bits per heavy atom. The first kappa shape index (κ1) is 9.20. The van der Waals surface area contributed by atoms with Crippen LogP contribution in [0.15, 0.2) is 24.3 Å². The molecule has 0 radical (unpaired) electrons. The molecule has 12 heavy (non-hydrogen) atoms. The van der Waals surface area contributed by atoms with Gasteiger partial charge in [-0.1, -0.05) is 12.1 Å². The zero-order valence-electron chi connectivity index (χ0n) is 7.47. The van der Waals surface area contributed by atoms with Gasteiger partial charge in [0.05, 0.1) is 0 Å². The number of likely N-dealkylation sites (N-methyl/N-ethyl adjacent to an activating group) is 1. The number of nitrogens with one attached hydrogen (secondary N) is 1. The number of halogens is 1. The summed E-state index contributed by atoms with van der Waals surface area (Å²) in [7, 11) is 1.92. The highest BCUT2D eigenvalue weighted by Crippen LogP contribution is 2.05. The van der Waals surface area contributed by atoms with Gasteiger partial charge in [0.2, 0.25) is 0 Å². The predicted octanol–water partition coefficient (Wildman–Crippen LogP) is 1.98. The van der Waals surface area contributed by atoms with Gasteiger partial charge in [-0.25, -0.2) is 4.39 Å². The molecule has 2 heteroatoms. The first-order valence-electron chi connectivity index (χ1n) is 4.14. The molecular formula is C10H14FN. The Morgan fingerprint density at radius 1 is 1.33 bits per heavy atom. The van der Waals surface area contributed by atoms with Crippen molar-refractivity contribution in [3.8, 4) is 0 Å². The summed E-state index contributed by atoms with van der Waals surface area (Å²) in [6.45, 7) is 2.10. The van der Waals surface area contributed by atoms with Crippen molar-refractivity contribution in [2.45, 2.75) is 19.4 Å². The molecule has 0 aliphatic rings. The van der Waals surface area contributed by atoms with Gasteiger partial charge in [-0.2, -0.15) is 0 Å². The van der Waals surface area contributed by atoms with Crippen LogP contribution < -0.4 is 5.32 Å². The Morgan fingerprint density at radius 3 is 2.42 bits per heavy atom. The van der Waals surface area contributed by atoms with Crippen molar-refractivity contribution in [3.05, 3.63) is 35.6 Å². The minimum Gasteiger partial charge on any atom is -0.317 e. The molecule has 1 rings (SSSR count). The molecule has 1 N–H and O–H groups in total. The van der Waals surface area contributed by atoms with Crippen LogP contribution in [0, 0.1) is 5.82 Å². The van der Waals surface area contributed by atoms with Gasteiger partial charge in [0.1, 0.15) is 5.82 Å². The van der Waals surface area contributed by atoms with Crippen LogP contribution in [-0.4, -0.2) is 13.1 Å². The summed E-state index contributed by atoms with van der Waals surface area (Å²) < 4.78 is 12.5. The molecule has 1 nitrogen and oxygen atoms in total. The van der Waals surface area contributed by atoms with Crippen LogP contribution in [-0.2, 0) is 6.42 Å². The van der Waals surface area contributed by atoms with Crippen LogP contribution in [0.5, 0.6) is 0 Å². The highest BCUT2D eigenvalue weighted by molar-refractivity contribution is 5.16. The van der Waals surface area contributed by atoms with Gasteiger partial charge in [-0.3, -0.25) is 0 Å². The zero-order chi connectivity index (χ0) is 8.97. The van der Waals surface area contributed by atoms with Crippen LogP contribution in [0.4, 0.5) is 4.39 Å². The Labute approximate surface area is 72.6 Å². The Hall–Kier alpha value is -0.890. The van der Waals surface area contributed by atoms with E-state index in [2.05, 4.69) is 12.2 Å². The molecule has 0 heterocycles. The Balaban J connectivity index is 2.58. The predicted molar refractivity (Wildman–Crippen MR) is 48.6 cm³/mol. The van der Waals surface area contributed by atoms with E-state index in [0.29, 0.717) is 6.04 Å². The molecule has 0 amide bonds. The Kier molecular flexibility index (Phi) is 3.23. The summed E-state index contributed by atoms with van der Waals surface area (Å²) in [5.41, 5.74) is 1.17. The minimum absolute atomic E-state index is 0.170. The van der Waals surface area contributed by atoms with Gasteiger partial charge in [-0.05, 0) is 38.1 Å². The molecule has 0 saturated heterocycles. The second-order valence-electron chi connectivity index (χ2n) is 3.02. The standard InChI is InChI=1S/C10H14FN/c1-8(12-2)7-9-3-5-10(11)6-4-9/h3-6,8,12H,7H2,1-2H3/t8-/m1/s1. The first-order valence-corrected chi connectivity index (χ1v) is 4.14. The number of hydrogen-bond acceptors (Lipinski definition) is 1. The van der Waals surface area contributed by atoms with Gasteiger partial charge in [0.15, 0.2) is 0 Å².